The summed E-state index contributed by atoms with van der Waals surface area (Å²) in [6, 6.07) is 8.12. The average molecular weight is 175 g/mol. The zero-order valence-corrected chi connectivity index (χ0v) is 7.71. The van der Waals surface area contributed by atoms with Crippen molar-refractivity contribution in [1.29, 1.82) is 0 Å². The first kappa shape index (κ1) is 8.30. The van der Waals surface area contributed by atoms with Gasteiger partial charge in [0.25, 0.3) is 0 Å². The number of anilines is 1. The molecule has 0 saturated heterocycles. The molecule has 1 heterocycles. The van der Waals surface area contributed by atoms with Crippen LogP contribution in [-0.4, -0.2) is 11.8 Å². The van der Waals surface area contributed by atoms with Crippen LogP contribution in [0.15, 0.2) is 24.3 Å². The molecule has 1 aromatic rings. The third-order valence-electron chi connectivity index (χ3n) is 2.51. The van der Waals surface area contributed by atoms with Crippen LogP contribution in [0, 0.1) is 0 Å². The van der Waals surface area contributed by atoms with Crippen molar-refractivity contribution in [3.8, 4) is 0 Å². The molecule has 0 spiro atoms. The molecule has 1 N–H and O–H groups in total. The van der Waals surface area contributed by atoms with Gasteiger partial charge in [-0.25, -0.2) is 0 Å². The lowest BCUT2D eigenvalue weighted by Crippen LogP contribution is -2.25. The van der Waals surface area contributed by atoms with Gasteiger partial charge in [0.1, 0.15) is 0 Å². The number of rotatable bonds is 2. The molecule has 0 aliphatic carbocycles. The second kappa shape index (κ2) is 3.21. The fourth-order valence-corrected chi connectivity index (χ4v) is 1.74. The highest BCUT2D eigenvalue weighted by Gasteiger charge is 2.24. The highest BCUT2D eigenvalue weighted by molar-refractivity contribution is 5.88. The predicted octanol–water partition coefficient (Wildman–Crippen LogP) is 2.00. The van der Waals surface area contributed by atoms with Crippen LogP contribution in [0.25, 0.3) is 0 Å². The first-order valence-corrected chi connectivity index (χ1v) is 4.68. The minimum absolute atomic E-state index is 0.0161. The van der Waals surface area contributed by atoms with Crippen LogP contribution in [0.5, 0.6) is 0 Å². The first-order chi connectivity index (χ1) is 6.31. The van der Waals surface area contributed by atoms with Crippen LogP contribution in [0.2, 0.25) is 0 Å². The Morgan fingerprint density at radius 2 is 2.31 bits per heavy atom. The molecule has 0 bridgehead atoms. The number of nitrogens with one attached hydrogen (secondary N) is 1. The van der Waals surface area contributed by atoms with Gasteiger partial charge in [0, 0.05) is 18.5 Å². The number of benzene rings is 1. The van der Waals surface area contributed by atoms with Gasteiger partial charge in [0.05, 0.1) is 6.04 Å². The average Bonchev–Trinajstić information content (AvgIpc) is 2.59. The highest BCUT2D eigenvalue weighted by atomic mass is 16.1. The fraction of sp³-hybridized carbons (Fsp3) is 0.364. The van der Waals surface area contributed by atoms with Crippen LogP contribution >= 0.6 is 0 Å². The maximum atomic E-state index is 11.4. The Bertz CT molecular complexity index is 308. The Morgan fingerprint density at radius 1 is 1.54 bits per heavy atom. The molecule has 2 heteroatoms. The molecular formula is C11H13NO. The van der Waals surface area contributed by atoms with E-state index < -0.39 is 0 Å². The quantitative estimate of drug-likeness (QED) is 0.744. The normalized spacial score (nSPS) is 19.3. The van der Waals surface area contributed by atoms with Gasteiger partial charge in [-0.3, -0.25) is 4.79 Å². The Kier molecular flexibility index (Phi) is 2.05. The molecule has 0 saturated carbocycles. The largest absolute Gasteiger partial charge is 0.375 e. The van der Waals surface area contributed by atoms with Crippen molar-refractivity contribution in [2.75, 3.05) is 5.32 Å². The number of fused-ring (bicyclic) bond motifs is 1. The van der Waals surface area contributed by atoms with Crippen LogP contribution in [0.4, 0.5) is 5.69 Å². The van der Waals surface area contributed by atoms with Gasteiger partial charge in [-0.15, -0.1) is 0 Å². The maximum absolute atomic E-state index is 11.4. The number of ketones is 1. The summed E-state index contributed by atoms with van der Waals surface area (Å²) in [5, 5.41) is 3.24. The maximum Gasteiger partial charge on any atom is 0.155 e. The molecular weight excluding hydrogens is 162 g/mol. The molecule has 1 aliphatic heterocycles. The van der Waals surface area contributed by atoms with Crippen LogP contribution < -0.4 is 5.32 Å². The molecule has 0 unspecified atom stereocenters. The van der Waals surface area contributed by atoms with E-state index in [1.165, 1.54) is 5.56 Å². The summed E-state index contributed by atoms with van der Waals surface area (Å²) in [5.41, 5.74) is 2.38. The summed E-state index contributed by atoms with van der Waals surface area (Å²) in [5.74, 6) is 0.302. The lowest BCUT2D eigenvalue weighted by atomic mass is 10.1. The SMILES string of the molecule is CCC(=O)[C@@H]1Cc2ccccc2N1. The molecule has 1 atom stereocenters. The van der Waals surface area contributed by atoms with E-state index in [4.69, 9.17) is 0 Å². The lowest BCUT2D eigenvalue weighted by Gasteiger charge is -2.07. The van der Waals surface area contributed by atoms with E-state index in [-0.39, 0.29) is 6.04 Å². The first-order valence-electron chi connectivity index (χ1n) is 4.68. The topological polar surface area (TPSA) is 29.1 Å². The van der Waals surface area contributed by atoms with Crippen LogP contribution in [-0.2, 0) is 11.2 Å². The van der Waals surface area contributed by atoms with Gasteiger partial charge in [0.15, 0.2) is 5.78 Å². The fourth-order valence-electron chi connectivity index (χ4n) is 1.74. The Labute approximate surface area is 78.0 Å². The molecule has 1 aliphatic rings. The molecule has 1 aromatic carbocycles. The second-order valence-electron chi connectivity index (χ2n) is 3.38. The molecule has 0 aromatic heterocycles. The lowest BCUT2D eigenvalue weighted by molar-refractivity contribution is -0.119. The Hall–Kier alpha value is -1.31. The molecule has 0 amide bonds. The Morgan fingerprint density at radius 3 is 3.00 bits per heavy atom. The van der Waals surface area contributed by atoms with Gasteiger partial charge in [-0.2, -0.15) is 0 Å². The third-order valence-corrected chi connectivity index (χ3v) is 2.51. The van der Waals surface area contributed by atoms with E-state index in [1.807, 2.05) is 25.1 Å². The number of carbonyl (C=O) groups is 1. The molecule has 2 nitrogen and oxygen atoms in total. The minimum Gasteiger partial charge on any atom is -0.375 e. The number of para-hydroxylation sites is 1. The van der Waals surface area contributed by atoms with Crippen molar-refractivity contribution in [3.05, 3.63) is 29.8 Å². The second-order valence-corrected chi connectivity index (χ2v) is 3.38. The predicted molar refractivity (Wildman–Crippen MR) is 52.9 cm³/mol. The van der Waals surface area contributed by atoms with Gasteiger partial charge in [-0.05, 0) is 11.6 Å². The zero-order chi connectivity index (χ0) is 9.26. The third kappa shape index (κ3) is 1.44. The smallest absolute Gasteiger partial charge is 0.155 e. The van der Waals surface area contributed by atoms with E-state index in [0.717, 1.165) is 12.1 Å². The van der Waals surface area contributed by atoms with E-state index in [1.54, 1.807) is 0 Å². The molecule has 68 valence electrons. The van der Waals surface area contributed by atoms with Crippen molar-refractivity contribution in [1.82, 2.24) is 0 Å². The summed E-state index contributed by atoms with van der Waals surface area (Å²) in [6.45, 7) is 1.91. The molecule has 13 heavy (non-hydrogen) atoms. The van der Waals surface area contributed by atoms with Crippen molar-refractivity contribution < 1.29 is 4.79 Å². The van der Waals surface area contributed by atoms with E-state index in [9.17, 15) is 4.79 Å². The Balaban J connectivity index is 2.18. The van der Waals surface area contributed by atoms with Crippen molar-refractivity contribution in [3.63, 3.8) is 0 Å². The number of Topliss-reactive ketones (excluding diaryl/α,β-unsaturated/α-hetero) is 1. The van der Waals surface area contributed by atoms with E-state index >= 15 is 0 Å². The summed E-state index contributed by atoms with van der Waals surface area (Å²) < 4.78 is 0. The van der Waals surface area contributed by atoms with Gasteiger partial charge >= 0.3 is 0 Å². The molecule has 0 fully saturated rings. The zero-order valence-electron chi connectivity index (χ0n) is 7.71. The van der Waals surface area contributed by atoms with Gasteiger partial charge in [-0.1, -0.05) is 25.1 Å². The summed E-state index contributed by atoms with van der Waals surface area (Å²) >= 11 is 0. The number of carbonyl (C=O) groups excluding carboxylic acids is 1. The molecule has 0 radical (unpaired) electrons. The summed E-state index contributed by atoms with van der Waals surface area (Å²) in [6.07, 6.45) is 1.47. The minimum atomic E-state index is 0.0161. The molecule has 2 rings (SSSR count). The monoisotopic (exact) mass is 175 g/mol. The van der Waals surface area contributed by atoms with E-state index in [2.05, 4.69) is 11.4 Å². The summed E-state index contributed by atoms with van der Waals surface area (Å²) in [7, 11) is 0. The summed E-state index contributed by atoms with van der Waals surface area (Å²) in [4.78, 5) is 11.4. The van der Waals surface area contributed by atoms with E-state index in [0.29, 0.717) is 12.2 Å². The standard InChI is InChI=1S/C11H13NO/c1-2-11(13)10-7-8-5-3-4-6-9(8)12-10/h3-6,10,12H,2,7H2,1H3/t10-/m0/s1. The number of hydrogen-bond donors (Lipinski definition) is 1. The van der Waals surface area contributed by atoms with Gasteiger partial charge < -0.3 is 5.32 Å². The van der Waals surface area contributed by atoms with Crippen molar-refractivity contribution in [2.45, 2.75) is 25.8 Å². The van der Waals surface area contributed by atoms with Crippen LogP contribution in [0.3, 0.4) is 0 Å². The number of hydrogen-bond acceptors (Lipinski definition) is 2. The van der Waals surface area contributed by atoms with Crippen molar-refractivity contribution >= 4 is 11.5 Å². The van der Waals surface area contributed by atoms with Crippen molar-refractivity contribution in [2.24, 2.45) is 0 Å². The highest BCUT2D eigenvalue weighted by Crippen LogP contribution is 2.25. The van der Waals surface area contributed by atoms with Gasteiger partial charge in [0.2, 0.25) is 0 Å². The van der Waals surface area contributed by atoms with Crippen LogP contribution in [0.1, 0.15) is 18.9 Å².